The van der Waals surface area contributed by atoms with Gasteiger partial charge in [0.05, 0.1) is 16.7 Å². The van der Waals surface area contributed by atoms with Crippen molar-refractivity contribution >= 4 is 22.5 Å². The lowest BCUT2D eigenvalue weighted by Gasteiger charge is -2.36. The molecule has 7 nitrogen and oxygen atoms in total. The van der Waals surface area contributed by atoms with E-state index in [4.69, 9.17) is 4.98 Å². The Bertz CT molecular complexity index is 1280. The van der Waals surface area contributed by atoms with Gasteiger partial charge in [0.1, 0.15) is 12.1 Å². The fourth-order valence-corrected chi connectivity index (χ4v) is 5.60. The third-order valence-electron chi connectivity index (χ3n) is 7.28. The second-order valence-electron chi connectivity index (χ2n) is 9.41. The first-order valence-corrected chi connectivity index (χ1v) is 11.3. The van der Waals surface area contributed by atoms with Crippen molar-refractivity contribution in [3.63, 3.8) is 0 Å². The van der Waals surface area contributed by atoms with Gasteiger partial charge in [-0.1, -0.05) is 13.8 Å². The lowest BCUT2D eigenvalue weighted by molar-refractivity contribution is 0.481. The lowest BCUT2D eigenvalue weighted by Crippen LogP contribution is -2.52. The van der Waals surface area contributed by atoms with Crippen molar-refractivity contribution in [2.45, 2.75) is 58.5 Å². The Morgan fingerprint density at radius 3 is 2.58 bits per heavy atom. The summed E-state index contributed by atoms with van der Waals surface area (Å²) in [6, 6.07) is 5.53. The number of piperazine rings is 1. The summed E-state index contributed by atoms with van der Waals surface area (Å²) in [4.78, 5) is 15.9. The van der Waals surface area contributed by atoms with Gasteiger partial charge in [0.25, 0.3) is 0 Å². The van der Waals surface area contributed by atoms with Crippen molar-refractivity contribution in [1.82, 2.24) is 29.9 Å². The fraction of sp³-hybridized carbons (Fsp3) is 0.458. The van der Waals surface area contributed by atoms with Gasteiger partial charge in [0, 0.05) is 42.5 Å². The molecule has 6 heterocycles. The lowest BCUT2D eigenvalue weighted by atomic mass is 9.95. The highest BCUT2D eigenvalue weighted by molar-refractivity contribution is 5.90. The number of anilines is 1. The first-order valence-electron chi connectivity index (χ1n) is 11.3. The van der Waals surface area contributed by atoms with Gasteiger partial charge in [-0.2, -0.15) is 5.10 Å². The maximum atomic E-state index is 5.24. The standard InChI is InChI=1S/C24H29N7/c1-13(2)21-22(18-11-30-24(26-12-27-30)15(4)14(18)3)28-19-7-8-20(29-23(19)21)31-16-5-6-17(31)10-25-9-16/h7-8,11-13,16-17,25,28H,5-6,9-10H2,1-4H3/t16-,17+. The number of aromatic amines is 1. The number of H-pyrrole nitrogens is 1. The zero-order chi connectivity index (χ0) is 21.3. The predicted molar refractivity (Wildman–Crippen MR) is 124 cm³/mol. The molecule has 2 N–H and O–H groups in total. The van der Waals surface area contributed by atoms with Crippen LogP contribution in [0.5, 0.6) is 0 Å². The van der Waals surface area contributed by atoms with Gasteiger partial charge in [-0.25, -0.2) is 14.5 Å². The molecular formula is C24H29N7. The molecule has 2 aliphatic heterocycles. The zero-order valence-electron chi connectivity index (χ0n) is 18.6. The highest BCUT2D eigenvalue weighted by Gasteiger charge is 2.37. The number of rotatable bonds is 3. The van der Waals surface area contributed by atoms with E-state index in [9.17, 15) is 0 Å². The third kappa shape index (κ3) is 2.72. The van der Waals surface area contributed by atoms with Crippen molar-refractivity contribution in [1.29, 1.82) is 0 Å². The molecule has 6 rings (SSSR count). The molecule has 7 heteroatoms. The van der Waals surface area contributed by atoms with E-state index in [2.05, 4.69) is 71.3 Å². The summed E-state index contributed by atoms with van der Waals surface area (Å²) >= 11 is 0. The molecule has 0 amide bonds. The Morgan fingerprint density at radius 1 is 1.06 bits per heavy atom. The molecule has 0 aliphatic carbocycles. The van der Waals surface area contributed by atoms with E-state index in [1.54, 1.807) is 6.33 Å². The van der Waals surface area contributed by atoms with Crippen molar-refractivity contribution < 1.29 is 0 Å². The highest BCUT2D eigenvalue weighted by Crippen LogP contribution is 2.39. The molecule has 4 aromatic heterocycles. The van der Waals surface area contributed by atoms with Crippen LogP contribution in [0.1, 0.15) is 49.3 Å². The normalized spacial score (nSPS) is 21.1. The summed E-state index contributed by atoms with van der Waals surface area (Å²) in [7, 11) is 0. The van der Waals surface area contributed by atoms with E-state index in [-0.39, 0.29) is 0 Å². The molecular weight excluding hydrogens is 386 g/mol. The van der Waals surface area contributed by atoms with E-state index in [1.807, 2.05) is 4.52 Å². The number of nitrogens with zero attached hydrogens (tertiary/aromatic N) is 5. The van der Waals surface area contributed by atoms with Gasteiger partial charge in [0.2, 0.25) is 0 Å². The second-order valence-corrected chi connectivity index (χ2v) is 9.41. The Labute approximate surface area is 181 Å². The molecule has 0 saturated carbocycles. The predicted octanol–water partition coefficient (Wildman–Crippen LogP) is 3.95. The van der Waals surface area contributed by atoms with Crippen LogP contribution in [0.4, 0.5) is 5.82 Å². The molecule has 4 aromatic rings. The largest absolute Gasteiger partial charge is 0.353 e. The number of aryl methyl sites for hydroxylation is 1. The quantitative estimate of drug-likeness (QED) is 0.530. The van der Waals surface area contributed by atoms with Gasteiger partial charge in [-0.05, 0) is 55.9 Å². The van der Waals surface area contributed by atoms with Crippen LogP contribution in [0.3, 0.4) is 0 Å². The summed E-state index contributed by atoms with van der Waals surface area (Å²) < 4.78 is 1.88. The van der Waals surface area contributed by atoms with Gasteiger partial charge < -0.3 is 15.2 Å². The van der Waals surface area contributed by atoms with Crippen LogP contribution in [0, 0.1) is 13.8 Å². The van der Waals surface area contributed by atoms with Crippen molar-refractivity contribution in [2.24, 2.45) is 0 Å². The Morgan fingerprint density at radius 2 is 1.84 bits per heavy atom. The molecule has 31 heavy (non-hydrogen) atoms. The van der Waals surface area contributed by atoms with Crippen LogP contribution in [-0.2, 0) is 0 Å². The SMILES string of the molecule is Cc1c(-c2[nH]c3ccc(N4[C@@H]5CC[C@H]4CNC5)nc3c2C(C)C)cn2ncnc2c1C. The van der Waals surface area contributed by atoms with E-state index >= 15 is 0 Å². The third-order valence-corrected chi connectivity index (χ3v) is 7.28. The van der Waals surface area contributed by atoms with Crippen LogP contribution >= 0.6 is 0 Å². The minimum absolute atomic E-state index is 0.345. The molecule has 0 spiro atoms. The van der Waals surface area contributed by atoms with Crippen LogP contribution in [0.25, 0.3) is 27.9 Å². The molecule has 160 valence electrons. The topological polar surface area (TPSA) is 74.1 Å². The minimum atomic E-state index is 0.345. The van der Waals surface area contributed by atoms with Crippen LogP contribution < -0.4 is 10.2 Å². The maximum absolute atomic E-state index is 5.24. The molecule has 0 unspecified atom stereocenters. The minimum Gasteiger partial charge on any atom is -0.353 e. The van der Waals surface area contributed by atoms with E-state index in [0.717, 1.165) is 46.8 Å². The van der Waals surface area contributed by atoms with E-state index in [1.165, 1.54) is 29.5 Å². The van der Waals surface area contributed by atoms with Crippen molar-refractivity contribution in [3.05, 3.63) is 41.3 Å². The monoisotopic (exact) mass is 415 g/mol. The molecule has 2 bridgehead atoms. The Balaban J connectivity index is 1.55. The maximum Gasteiger partial charge on any atom is 0.158 e. The smallest absolute Gasteiger partial charge is 0.158 e. The second kappa shape index (κ2) is 6.79. The summed E-state index contributed by atoms with van der Waals surface area (Å²) in [5.74, 6) is 1.46. The number of pyridine rings is 2. The van der Waals surface area contributed by atoms with E-state index in [0.29, 0.717) is 18.0 Å². The molecule has 2 fully saturated rings. The number of fused-ring (bicyclic) bond motifs is 4. The summed E-state index contributed by atoms with van der Waals surface area (Å²) in [5.41, 5.74) is 9.09. The van der Waals surface area contributed by atoms with Crippen molar-refractivity contribution in [2.75, 3.05) is 18.0 Å². The number of hydrogen-bond acceptors (Lipinski definition) is 5. The first-order chi connectivity index (χ1) is 15.0. The molecule has 2 atom stereocenters. The molecule has 0 aromatic carbocycles. The Kier molecular flexibility index (Phi) is 4.12. The first kappa shape index (κ1) is 18.8. The van der Waals surface area contributed by atoms with Crippen molar-refractivity contribution in [3.8, 4) is 11.3 Å². The molecule has 2 saturated heterocycles. The van der Waals surface area contributed by atoms with Gasteiger partial charge in [0.15, 0.2) is 5.65 Å². The highest BCUT2D eigenvalue weighted by atomic mass is 15.3. The average Bonchev–Trinajstić information content (AvgIpc) is 3.44. The summed E-state index contributed by atoms with van der Waals surface area (Å²) in [6.45, 7) is 10.9. The zero-order valence-corrected chi connectivity index (χ0v) is 18.6. The van der Waals surface area contributed by atoms with E-state index < -0.39 is 0 Å². The molecule has 0 radical (unpaired) electrons. The van der Waals surface area contributed by atoms with Crippen LogP contribution in [-0.4, -0.2) is 49.7 Å². The van der Waals surface area contributed by atoms with Gasteiger partial charge in [-0.3, -0.25) is 0 Å². The molecule has 2 aliphatic rings. The fourth-order valence-electron chi connectivity index (χ4n) is 5.60. The van der Waals surface area contributed by atoms with Gasteiger partial charge in [-0.15, -0.1) is 0 Å². The average molecular weight is 416 g/mol. The number of nitrogens with one attached hydrogen (secondary N) is 2. The van der Waals surface area contributed by atoms with Crippen LogP contribution in [0.2, 0.25) is 0 Å². The number of hydrogen-bond donors (Lipinski definition) is 2. The van der Waals surface area contributed by atoms with Crippen LogP contribution in [0.15, 0.2) is 24.7 Å². The number of aromatic nitrogens is 5. The summed E-state index contributed by atoms with van der Waals surface area (Å²) in [6.07, 6.45) is 6.22. The summed E-state index contributed by atoms with van der Waals surface area (Å²) in [5, 5.41) is 7.97. The van der Waals surface area contributed by atoms with Gasteiger partial charge >= 0.3 is 0 Å². The Hall–Kier alpha value is -2.93.